The topological polar surface area (TPSA) is 49.8 Å². The summed E-state index contributed by atoms with van der Waals surface area (Å²) in [6.07, 6.45) is 0.761. The lowest BCUT2D eigenvalue weighted by atomic mass is 9.84. The number of hydrogen-bond donors (Lipinski definition) is 1. The third-order valence-corrected chi connectivity index (χ3v) is 5.13. The molecule has 1 aromatic carbocycles. The molecular formula is C18H23NO3S. The van der Waals surface area contributed by atoms with Crippen molar-refractivity contribution in [3.63, 3.8) is 0 Å². The van der Waals surface area contributed by atoms with Crippen molar-refractivity contribution in [3.05, 3.63) is 35.2 Å². The minimum Gasteiger partial charge on any atom is -0.444 e. The van der Waals surface area contributed by atoms with Crippen molar-refractivity contribution in [1.29, 1.82) is 0 Å². The fourth-order valence-corrected chi connectivity index (χ4v) is 3.70. The Kier molecular flexibility index (Phi) is 4.10. The molecule has 1 amide bonds. The average Bonchev–Trinajstić information content (AvgIpc) is 2.93. The van der Waals surface area contributed by atoms with Gasteiger partial charge in [-0.1, -0.05) is 6.07 Å². The molecule has 1 aliphatic heterocycles. The van der Waals surface area contributed by atoms with Gasteiger partial charge >= 0.3 is 6.09 Å². The van der Waals surface area contributed by atoms with Gasteiger partial charge in [0.15, 0.2) is 0 Å². The number of hydrogen-bond acceptors (Lipinski definition) is 4. The maximum Gasteiger partial charge on any atom is 0.410 e. The maximum absolute atomic E-state index is 12.1. The van der Waals surface area contributed by atoms with E-state index in [9.17, 15) is 9.90 Å². The molecule has 2 heterocycles. The number of thiophene rings is 1. The van der Waals surface area contributed by atoms with Crippen molar-refractivity contribution in [3.8, 4) is 0 Å². The highest BCUT2D eigenvalue weighted by Crippen LogP contribution is 2.35. The summed E-state index contributed by atoms with van der Waals surface area (Å²) in [5.74, 6) is 0. The third kappa shape index (κ3) is 3.51. The smallest absolute Gasteiger partial charge is 0.410 e. The lowest BCUT2D eigenvalue weighted by molar-refractivity contribution is -0.0355. The van der Waals surface area contributed by atoms with Crippen LogP contribution in [-0.4, -0.2) is 34.8 Å². The zero-order valence-corrected chi connectivity index (χ0v) is 14.7. The molecule has 3 rings (SSSR count). The van der Waals surface area contributed by atoms with Gasteiger partial charge in [0.1, 0.15) is 5.60 Å². The number of nitrogens with zero attached hydrogens (tertiary/aromatic N) is 1. The first-order valence-corrected chi connectivity index (χ1v) is 8.83. The summed E-state index contributed by atoms with van der Waals surface area (Å²) < 4.78 is 6.63. The highest BCUT2D eigenvalue weighted by Gasteiger charge is 2.36. The zero-order chi connectivity index (χ0) is 16.7. The molecule has 1 aromatic heterocycles. The molecule has 4 nitrogen and oxygen atoms in total. The van der Waals surface area contributed by atoms with Gasteiger partial charge in [0.05, 0.1) is 5.60 Å². The molecule has 0 unspecified atom stereocenters. The second-order valence-electron chi connectivity index (χ2n) is 7.17. The molecule has 0 radical (unpaired) electrons. The fraction of sp³-hybridized carbons (Fsp3) is 0.500. The molecule has 0 aliphatic carbocycles. The maximum atomic E-state index is 12.1. The summed E-state index contributed by atoms with van der Waals surface area (Å²) in [6.45, 7) is 6.60. The van der Waals surface area contributed by atoms with Gasteiger partial charge in [0, 0.05) is 17.8 Å². The summed E-state index contributed by atoms with van der Waals surface area (Å²) in [5, 5.41) is 14.2. The largest absolute Gasteiger partial charge is 0.444 e. The average molecular weight is 333 g/mol. The normalized spacial score (nSPS) is 18.2. The minimum absolute atomic E-state index is 0.298. The van der Waals surface area contributed by atoms with E-state index in [0.717, 1.165) is 10.9 Å². The summed E-state index contributed by atoms with van der Waals surface area (Å²) in [5.41, 5.74) is -0.420. The molecule has 23 heavy (non-hydrogen) atoms. The minimum atomic E-state index is -0.866. The van der Waals surface area contributed by atoms with Crippen LogP contribution in [0.2, 0.25) is 0 Å². The van der Waals surface area contributed by atoms with E-state index < -0.39 is 11.2 Å². The Morgan fingerprint density at radius 2 is 1.96 bits per heavy atom. The third-order valence-electron chi connectivity index (χ3n) is 4.23. The van der Waals surface area contributed by atoms with E-state index in [1.54, 1.807) is 16.2 Å². The fourth-order valence-electron chi connectivity index (χ4n) is 2.93. The lowest BCUT2D eigenvalue weighted by Gasteiger charge is -2.39. The Morgan fingerprint density at radius 3 is 2.61 bits per heavy atom. The number of likely N-dealkylation sites (tertiary alicyclic amines) is 1. The number of piperidine rings is 1. The van der Waals surface area contributed by atoms with Gasteiger partial charge in [-0.25, -0.2) is 4.79 Å². The number of benzene rings is 1. The highest BCUT2D eigenvalue weighted by atomic mass is 32.1. The van der Waals surface area contributed by atoms with Gasteiger partial charge in [-0.05, 0) is 68.1 Å². The Bertz CT molecular complexity index is 708. The van der Waals surface area contributed by atoms with Crippen molar-refractivity contribution in [2.45, 2.75) is 44.8 Å². The molecule has 1 fully saturated rings. The predicted molar refractivity (Wildman–Crippen MR) is 92.8 cm³/mol. The summed E-state index contributed by atoms with van der Waals surface area (Å²) in [4.78, 5) is 13.8. The lowest BCUT2D eigenvalue weighted by Crippen LogP contribution is -2.46. The van der Waals surface area contributed by atoms with E-state index in [1.165, 1.54) is 4.70 Å². The van der Waals surface area contributed by atoms with Crippen LogP contribution in [0, 0.1) is 0 Å². The van der Waals surface area contributed by atoms with E-state index in [0.29, 0.717) is 25.9 Å². The van der Waals surface area contributed by atoms with Gasteiger partial charge in [0.25, 0.3) is 0 Å². The van der Waals surface area contributed by atoms with Crippen molar-refractivity contribution < 1.29 is 14.6 Å². The number of fused-ring (bicyclic) bond motifs is 1. The molecule has 0 spiro atoms. The zero-order valence-electron chi connectivity index (χ0n) is 13.8. The van der Waals surface area contributed by atoms with Crippen molar-refractivity contribution in [2.75, 3.05) is 13.1 Å². The first-order valence-electron chi connectivity index (χ1n) is 7.95. The number of amides is 1. The SMILES string of the molecule is CC(C)(C)OC(=O)N1CCC(O)(c2ccc3sccc3c2)CC1. The van der Waals surface area contributed by atoms with Crippen LogP contribution in [0.5, 0.6) is 0 Å². The number of aliphatic hydroxyl groups is 1. The van der Waals surface area contributed by atoms with Gasteiger partial charge < -0.3 is 14.7 Å². The van der Waals surface area contributed by atoms with Gasteiger partial charge in [-0.3, -0.25) is 0 Å². The van der Waals surface area contributed by atoms with E-state index in [2.05, 4.69) is 23.6 Å². The standard InChI is InChI=1S/C18H23NO3S/c1-17(2,3)22-16(20)19-9-7-18(21,8-10-19)14-4-5-15-13(12-14)6-11-23-15/h4-6,11-12,21H,7-10H2,1-3H3. The monoisotopic (exact) mass is 333 g/mol. The Morgan fingerprint density at radius 1 is 1.26 bits per heavy atom. The van der Waals surface area contributed by atoms with Gasteiger partial charge in [-0.15, -0.1) is 11.3 Å². The molecule has 0 atom stereocenters. The van der Waals surface area contributed by atoms with Crippen molar-refractivity contribution in [2.24, 2.45) is 0 Å². The number of carbonyl (C=O) groups is 1. The Balaban J connectivity index is 1.70. The molecular weight excluding hydrogens is 310 g/mol. The molecule has 5 heteroatoms. The van der Waals surface area contributed by atoms with Crippen LogP contribution in [0.25, 0.3) is 10.1 Å². The number of rotatable bonds is 1. The highest BCUT2D eigenvalue weighted by molar-refractivity contribution is 7.17. The van der Waals surface area contributed by atoms with Crippen LogP contribution >= 0.6 is 11.3 Å². The van der Waals surface area contributed by atoms with Crippen LogP contribution in [0.15, 0.2) is 29.6 Å². The quantitative estimate of drug-likeness (QED) is 0.854. The van der Waals surface area contributed by atoms with E-state index in [4.69, 9.17) is 4.74 Å². The van der Waals surface area contributed by atoms with Crippen LogP contribution < -0.4 is 0 Å². The van der Waals surface area contributed by atoms with Gasteiger partial charge in [0.2, 0.25) is 0 Å². The van der Waals surface area contributed by atoms with E-state index >= 15 is 0 Å². The van der Waals surface area contributed by atoms with Crippen LogP contribution in [0.4, 0.5) is 4.79 Å². The Hall–Kier alpha value is -1.59. The number of carbonyl (C=O) groups excluding carboxylic acids is 1. The van der Waals surface area contributed by atoms with Crippen LogP contribution in [0.3, 0.4) is 0 Å². The van der Waals surface area contributed by atoms with Crippen molar-refractivity contribution >= 4 is 27.5 Å². The Labute approximate surface area is 140 Å². The molecule has 124 valence electrons. The summed E-state index contributed by atoms with van der Waals surface area (Å²) in [6, 6.07) is 8.20. The van der Waals surface area contributed by atoms with Crippen molar-refractivity contribution in [1.82, 2.24) is 4.90 Å². The predicted octanol–water partition coefficient (Wildman–Crippen LogP) is 4.12. The second-order valence-corrected chi connectivity index (χ2v) is 8.12. The van der Waals surface area contributed by atoms with E-state index in [-0.39, 0.29) is 6.09 Å². The number of ether oxygens (including phenoxy) is 1. The van der Waals surface area contributed by atoms with Crippen LogP contribution in [-0.2, 0) is 10.3 Å². The molecule has 1 N–H and O–H groups in total. The van der Waals surface area contributed by atoms with E-state index in [1.807, 2.05) is 26.8 Å². The first kappa shape index (κ1) is 16.3. The van der Waals surface area contributed by atoms with Crippen LogP contribution in [0.1, 0.15) is 39.2 Å². The summed E-state index contributed by atoms with van der Waals surface area (Å²) >= 11 is 1.70. The van der Waals surface area contributed by atoms with Gasteiger partial charge in [-0.2, -0.15) is 0 Å². The first-order chi connectivity index (χ1) is 10.8. The second kappa shape index (κ2) is 5.80. The molecule has 0 bridgehead atoms. The molecule has 0 saturated carbocycles. The molecule has 1 saturated heterocycles. The molecule has 1 aliphatic rings. The summed E-state index contributed by atoms with van der Waals surface area (Å²) in [7, 11) is 0. The molecule has 2 aromatic rings.